The van der Waals surface area contributed by atoms with E-state index in [1.807, 2.05) is 13.1 Å². The molecule has 3 aromatic rings. The van der Waals surface area contributed by atoms with E-state index in [0.29, 0.717) is 5.89 Å². The van der Waals surface area contributed by atoms with Gasteiger partial charge in [-0.2, -0.15) is 0 Å². The number of hydrogen-bond acceptors (Lipinski definition) is 3. The van der Waals surface area contributed by atoms with Gasteiger partial charge >= 0.3 is 0 Å². The summed E-state index contributed by atoms with van der Waals surface area (Å²) in [6.07, 6.45) is 3.41. The number of hydrogen-bond donors (Lipinski definition) is 1. The van der Waals surface area contributed by atoms with Gasteiger partial charge in [-0.3, -0.25) is 0 Å². The highest BCUT2D eigenvalue weighted by atomic mass is 16.3. The summed E-state index contributed by atoms with van der Waals surface area (Å²) in [5.41, 5.74) is 4.06. The number of aryl methyl sites for hydroxylation is 2. The van der Waals surface area contributed by atoms with Crippen molar-refractivity contribution in [1.82, 2.24) is 15.0 Å². The van der Waals surface area contributed by atoms with Crippen LogP contribution in [0.15, 0.2) is 41.1 Å². The number of H-pyrrole nitrogens is 1. The Balaban J connectivity index is 1.96. The largest absolute Gasteiger partial charge is 0.449 e. The molecule has 0 aliphatic rings. The van der Waals surface area contributed by atoms with Crippen LogP contribution in [0.1, 0.15) is 11.5 Å². The zero-order chi connectivity index (χ0) is 12.5. The summed E-state index contributed by atoms with van der Waals surface area (Å²) in [7, 11) is 0. The third kappa shape index (κ3) is 1.93. The molecule has 4 heteroatoms. The van der Waals surface area contributed by atoms with Crippen LogP contribution < -0.4 is 0 Å². The van der Waals surface area contributed by atoms with Gasteiger partial charge in [0, 0.05) is 6.92 Å². The van der Waals surface area contributed by atoms with Crippen molar-refractivity contribution in [3.8, 4) is 22.8 Å². The third-order valence-corrected chi connectivity index (χ3v) is 2.80. The first-order chi connectivity index (χ1) is 8.72. The number of imidazole rings is 1. The molecule has 1 aromatic carbocycles. The monoisotopic (exact) mass is 239 g/mol. The van der Waals surface area contributed by atoms with Crippen molar-refractivity contribution in [2.75, 3.05) is 0 Å². The molecule has 0 radical (unpaired) electrons. The van der Waals surface area contributed by atoms with Crippen molar-refractivity contribution in [1.29, 1.82) is 0 Å². The Kier molecular flexibility index (Phi) is 2.48. The highest BCUT2D eigenvalue weighted by Crippen LogP contribution is 2.21. The van der Waals surface area contributed by atoms with Gasteiger partial charge in [-0.15, -0.1) is 0 Å². The van der Waals surface area contributed by atoms with Crippen molar-refractivity contribution < 1.29 is 4.42 Å². The summed E-state index contributed by atoms with van der Waals surface area (Å²) < 4.78 is 5.18. The number of benzene rings is 1. The van der Waals surface area contributed by atoms with Gasteiger partial charge in [-0.25, -0.2) is 9.97 Å². The molecule has 0 saturated heterocycles. The van der Waals surface area contributed by atoms with Crippen LogP contribution in [0.2, 0.25) is 0 Å². The second-order valence-electron chi connectivity index (χ2n) is 4.26. The molecule has 4 nitrogen and oxygen atoms in total. The molecule has 3 rings (SSSR count). The SMILES string of the molecule is Cc1ccc(-c2cnc(-c3coc(C)n3)[nH]2)cc1. The smallest absolute Gasteiger partial charge is 0.191 e. The second-order valence-corrected chi connectivity index (χ2v) is 4.26. The van der Waals surface area contributed by atoms with Crippen molar-refractivity contribution >= 4 is 0 Å². The van der Waals surface area contributed by atoms with E-state index in [1.54, 1.807) is 6.26 Å². The molecule has 0 aliphatic heterocycles. The van der Waals surface area contributed by atoms with Gasteiger partial charge in [0.15, 0.2) is 11.7 Å². The highest BCUT2D eigenvalue weighted by molar-refractivity contribution is 5.62. The zero-order valence-corrected chi connectivity index (χ0v) is 10.3. The van der Waals surface area contributed by atoms with Crippen LogP contribution in [0, 0.1) is 13.8 Å². The Morgan fingerprint density at radius 2 is 1.89 bits per heavy atom. The molecule has 0 unspecified atom stereocenters. The topological polar surface area (TPSA) is 54.7 Å². The lowest BCUT2D eigenvalue weighted by molar-refractivity contribution is 0.521. The molecular weight excluding hydrogens is 226 g/mol. The van der Waals surface area contributed by atoms with Gasteiger partial charge in [0.1, 0.15) is 12.0 Å². The van der Waals surface area contributed by atoms with Crippen molar-refractivity contribution in [3.05, 3.63) is 48.2 Å². The predicted octanol–water partition coefficient (Wildman–Crippen LogP) is 3.35. The van der Waals surface area contributed by atoms with Crippen molar-refractivity contribution in [2.24, 2.45) is 0 Å². The minimum atomic E-state index is 0.637. The molecule has 0 bridgehead atoms. The molecule has 0 spiro atoms. The van der Waals surface area contributed by atoms with E-state index in [9.17, 15) is 0 Å². The second kappa shape index (κ2) is 4.14. The Labute approximate surface area is 105 Å². The first-order valence-corrected chi connectivity index (χ1v) is 5.77. The minimum Gasteiger partial charge on any atom is -0.449 e. The number of nitrogens with one attached hydrogen (secondary N) is 1. The minimum absolute atomic E-state index is 0.637. The molecular formula is C14H13N3O. The van der Waals surface area contributed by atoms with Crippen LogP contribution in [-0.2, 0) is 0 Å². The van der Waals surface area contributed by atoms with E-state index in [4.69, 9.17) is 4.42 Å². The molecule has 0 saturated carbocycles. The maximum atomic E-state index is 5.18. The first-order valence-electron chi connectivity index (χ1n) is 5.77. The summed E-state index contributed by atoms with van der Waals surface area (Å²) in [4.78, 5) is 11.8. The van der Waals surface area contributed by atoms with E-state index in [2.05, 4.69) is 46.1 Å². The number of nitrogens with zero attached hydrogens (tertiary/aromatic N) is 2. The fourth-order valence-corrected chi connectivity index (χ4v) is 1.80. The normalized spacial score (nSPS) is 10.8. The lowest BCUT2D eigenvalue weighted by atomic mass is 10.1. The average Bonchev–Trinajstić information content (AvgIpc) is 2.98. The molecule has 18 heavy (non-hydrogen) atoms. The molecule has 90 valence electrons. The summed E-state index contributed by atoms with van der Waals surface area (Å²) >= 11 is 0. The predicted molar refractivity (Wildman–Crippen MR) is 69.0 cm³/mol. The number of oxazole rings is 1. The Morgan fingerprint density at radius 1 is 1.11 bits per heavy atom. The lowest BCUT2D eigenvalue weighted by Gasteiger charge is -1.97. The van der Waals surface area contributed by atoms with Crippen molar-refractivity contribution in [2.45, 2.75) is 13.8 Å². The van der Waals surface area contributed by atoms with Gasteiger partial charge in [-0.1, -0.05) is 29.8 Å². The van der Waals surface area contributed by atoms with Gasteiger partial charge < -0.3 is 9.40 Å². The Morgan fingerprint density at radius 3 is 2.56 bits per heavy atom. The van der Waals surface area contributed by atoms with E-state index in [0.717, 1.165) is 22.8 Å². The molecule has 0 atom stereocenters. The van der Waals surface area contributed by atoms with E-state index >= 15 is 0 Å². The number of aromatic amines is 1. The number of rotatable bonds is 2. The Hall–Kier alpha value is -2.36. The maximum absolute atomic E-state index is 5.18. The van der Waals surface area contributed by atoms with Crippen molar-refractivity contribution in [3.63, 3.8) is 0 Å². The molecule has 2 heterocycles. The molecule has 0 amide bonds. The van der Waals surface area contributed by atoms with E-state index in [-0.39, 0.29) is 0 Å². The lowest BCUT2D eigenvalue weighted by Crippen LogP contribution is -1.81. The quantitative estimate of drug-likeness (QED) is 0.746. The van der Waals surface area contributed by atoms with Gasteiger partial charge in [0.2, 0.25) is 0 Å². The maximum Gasteiger partial charge on any atom is 0.191 e. The van der Waals surface area contributed by atoms with Crippen LogP contribution >= 0.6 is 0 Å². The van der Waals surface area contributed by atoms with Crippen LogP contribution in [-0.4, -0.2) is 15.0 Å². The van der Waals surface area contributed by atoms with Crippen LogP contribution in [0.4, 0.5) is 0 Å². The summed E-state index contributed by atoms with van der Waals surface area (Å²) in [5.74, 6) is 1.36. The standard InChI is InChI=1S/C14H13N3O/c1-9-3-5-11(6-4-9)12-7-15-14(17-12)13-8-18-10(2)16-13/h3-8H,1-2H3,(H,15,17). The molecule has 0 fully saturated rings. The van der Waals surface area contributed by atoms with Crippen LogP contribution in [0.5, 0.6) is 0 Å². The fraction of sp³-hybridized carbons (Fsp3) is 0.143. The molecule has 1 N–H and O–H groups in total. The average molecular weight is 239 g/mol. The van der Waals surface area contributed by atoms with Gasteiger partial charge in [0.25, 0.3) is 0 Å². The summed E-state index contributed by atoms with van der Waals surface area (Å²) in [6.45, 7) is 3.88. The first kappa shape index (κ1) is 10.8. The highest BCUT2D eigenvalue weighted by Gasteiger charge is 2.08. The summed E-state index contributed by atoms with van der Waals surface area (Å²) in [5, 5.41) is 0. The van der Waals surface area contributed by atoms with E-state index in [1.165, 1.54) is 5.56 Å². The van der Waals surface area contributed by atoms with Crippen LogP contribution in [0.25, 0.3) is 22.8 Å². The summed E-state index contributed by atoms with van der Waals surface area (Å²) in [6, 6.07) is 8.30. The van der Waals surface area contributed by atoms with E-state index < -0.39 is 0 Å². The zero-order valence-electron chi connectivity index (χ0n) is 10.3. The van der Waals surface area contributed by atoms with Gasteiger partial charge in [0.05, 0.1) is 11.9 Å². The third-order valence-electron chi connectivity index (χ3n) is 2.80. The Bertz CT molecular complexity index is 664. The fourth-order valence-electron chi connectivity index (χ4n) is 1.80. The molecule has 2 aromatic heterocycles. The van der Waals surface area contributed by atoms with Crippen LogP contribution in [0.3, 0.4) is 0 Å². The number of aromatic nitrogens is 3. The molecule has 0 aliphatic carbocycles. The van der Waals surface area contributed by atoms with Gasteiger partial charge in [-0.05, 0) is 12.5 Å².